The van der Waals surface area contributed by atoms with Crippen LogP contribution in [0.3, 0.4) is 0 Å². The Morgan fingerprint density at radius 2 is 1.90 bits per heavy atom. The van der Waals surface area contributed by atoms with E-state index in [2.05, 4.69) is 45.0 Å². The van der Waals surface area contributed by atoms with Gasteiger partial charge in [-0.25, -0.2) is 4.39 Å². The molecule has 2 amide bonds. The Balaban J connectivity index is 1.67. The lowest BCUT2D eigenvalue weighted by atomic mass is 9.87. The quantitative estimate of drug-likeness (QED) is 0.725. The minimum absolute atomic E-state index is 0.0470. The number of halogens is 1. The molecule has 154 valence electrons. The number of hydrogen-bond acceptors (Lipinski definition) is 3. The first kappa shape index (κ1) is 21.4. The van der Waals surface area contributed by atoms with Gasteiger partial charge in [0.25, 0.3) is 5.91 Å². The summed E-state index contributed by atoms with van der Waals surface area (Å²) in [6.07, 6.45) is 0. The monoisotopic (exact) mass is 414 g/mol. The van der Waals surface area contributed by atoms with E-state index < -0.39 is 5.82 Å². The molecular formula is C23H27FN2O2S. The number of benzene rings is 2. The second-order valence-corrected chi connectivity index (χ2v) is 9.43. The van der Waals surface area contributed by atoms with Crippen molar-refractivity contribution in [2.75, 3.05) is 25.9 Å². The van der Waals surface area contributed by atoms with Crippen LogP contribution in [0, 0.1) is 5.82 Å². The van der Waals surface area contributed by atoms with E-state index in [1.54, 1.807) is 24.9 Å². The molecule has 4 nitrogen and oxygen atoms in total. The summed E-state index contributed by atoms with van der Waals surface area (Å²) < 4.78 is 13.4. The van der Waals surface area contributed by atoms with Gasteiger partial charge in [0.1, 0.15) is 11.2 Å². The molecule has 1 aliphatic heterocycles. The van der Waals surface area contributed by atoms with Crippen LogP contribution < -0.4 is 0 Å². The average Bonchev–Trinajstić information content (AvgIpc) is 3.05. The summed E-state index contributed by atoms with van der Waals surface area (Å²) in [7, 11) is 1.67. The van der Waals surface area contributed by atoms with E-state index in [4.69, 9.17) is 0 Å². The van der Waals surface area contributed by atoms with Gasteiger partial charge in [-0.15, -0.1) is 11.8 Å². The molecule has 0 bridgehead atoms. The fraction of sp³-hybridized carbons (Fsp3) is 0.391. The standard InChI is InChI=1S/C23H27FN2O2S/c1-23(2,3)18-10-8-16(9-11-18)22-26(20(27)15-29-22)13-12-25(4)21(28)17-6-5-7-19(24)14-17/h5-11,14,22H,12-13,15H2,1-4H3/t22-/m1/s1. The predicted molar refractivity (Wildman–Crippen MR) is 115 cm³/mol. The van der Waals surface area contributed by atoms with Crippen LogP contribution in [0.1, 0.15) is 47.6 Å². The Kier molecular flexibility index (Phi) is 6.32. The van der Waals surface area contributed by atoms with Gasteiger partial charge in [0.15, 0.2) is 0 Å². The van der Waals surface area contributed by atoms with Crippen LogP contribution in [-0.4, -0.2) is 47.5 Å². The van der Waals surface area contributed by atoms with Crippen LogP contribution in [0.5, 0.6) is 0 Å². The molecule has 0 spiro atoms. The number of amides is 2. The summed E-state index contributed by atoms with van der Waals surface area (Å²) in [5, 5.41) is -0.0470. The summed E-state index contributed by atoms with van der Waals surface area (Å²) in [5.41, 5.74) is 2.73. The molecule has 0 N–H and O–H groups in total. The van der Waals surface area contributed by atoms with E-state index in [1.165, 1.54) is 28.7 Å². The fourth-order valence-electron chi connectivity index (χ4n) is 3.32. The van der Waals surface area contributed by atoms with Crippen LogP contribution in [0.15, 0.2) is 48.5 Å². The molecule has 0 aliphatic carbocycles. The van der Waals surface area contributed by atoms with Gasteiger partial charge >= 0.3 is 0 Å². The normalized spacial score (nSPS) is 16.9. The second kappa shape index (κ2) is 8.57. The maximum absolute atomic E-state index is 13.4. The summed E-state index contributed by atoms with van der Waals surface area (Å²) in [4.78, 5) is 28.3. The first-order chi connectivity index (χ1) is 13.7. The lowest BCUT2D eigenvalue weighted by Crippen LogP contribution is -2.38. The third-order valence-electron chi connectivity index (χ3n) is 5.12. The number of carbonyl (C=O) groups is 2. The highest BCUT2D eigenvalue weighted by Gasteiger charge is 2.33. The van der Waals surface area contributed by atoms with Crippen LogP contribution in [0.2, 0.25) is 0 Å². The Morgan fingerprint density at radius 1 is 1.21 bits per heavy atom. The highest BCUT2D eigenvalue weighted by molar-refractivity contribution is 8.00. The predicted octanol–water partition coefficient (Wildman–Crippen LogP) is 4.47. The van der Waals surface area contributed by atoms with Crippen molar-refractivity contribution in [2.45, 2.75) is 31.6 Å². The van der Waals surface area contributed by atoms with Crippen molar-refractivity contribution < 1.29 is 14.0 Å². The largest absolute Gasteiger partial charge is 0.340 e. The first-order valence-corrected chi connectivity index (χ1v) is 10.7. The van der Waals surface area contributed by atoms with Crippen molar-refractivity contribution in [3.63, 3.8) is 0 Å². The number of nitrogens with zero attached hydrogens (tertiary/aromatic N) is 2. The Morgan fingerprint density at radius 3 is 2.52 bits per heavy atom. The summed E-state index contributed by atoms with van der Waals surface area (Å²) in [6, 6.07) is 14.1. The highest BCUT2D eigenvalue weighted by Crippen LogP contribution is 2.39. The third kappa shape index (κ3) is 4.99. The van der Waals surface area contributed by atoms with Gasteiger partial charge in [0.2, 0.25) is 5.91 Å². The van der Waals surface area contributed by atoms with E-state index in [9.17, 15) is 14.0 Å². The van der Waals surface area contributed by atoms with Gasteiger partial charge in [0, 0.05) is 25.7 Å². The molecule has 0 radical (unpaired) electrons. The molecule has 1 fully saturated rings. The highest BCUT2D eigenvalue weighted by atomic mass is 32.2. The molecular weight excluding hydrogens is 387 g/mol. The maximum atomic E-state index is 13.4. The molecule has 2 aromatic rings. The van der Waals surface area contributed by atoms with E-state index in [1.807, 2.05) is 4.90 Å². The Labute approximate surface area is 176 Å². The molecule has 3 rings (SSSR count). The van der Waals surface area contributed by atoms with E-state index in [-0.39, 0.29) is 22.6 Å². The minimum Gasteiger partial charge on any atom is -0.340 e. The van der Waals surface area contributed by atoms with Gasteiger partial charge in [-0.1, -0.05) is 51.1 Å². The molecule has 6 heteroatoms. The lowest BCUT2D eigenvalue weighted by molar-refractivity contribution is -0.128. The number of rotatable bonds is 5. The molecule has 0 aromatic heterocycles. The van der Waals surface area contributed by atoms with Gasteiger partial charge in [-0.05, 0) is 34.7 Å². The number of likely N-dealkylation sites (N-methyl/N-ethyl adjacent to an activating group) is 1. The molecule has 29 heavy (non-hydrogen) atoms. The number of hydrogen-bond donors (Lipinski definition) is 0. The molecule has 2 aromatic carbocycles. The van der Waals surface area contributed by atoms with Gasteiger partial charge in [0.05, 0.1) is 5.75 Å². The van der Waals surface area contributed by atoms with Crippen molar-refractivity contribution in [2.24, 2.45) is 0 Å². The number of carbonyl (C=O) groups excluding carboxylic acids is 2. The number of thioether (sulfide) groups is 1. The molecule has 1 atom stereocenters. The molecule has 0 saturated carbocycles. The zero-order valence-electron chi connectivity index (χ0n) is 17.3. The summed E-state index contributed by atoms with van der Waals surface area (Å²) in [5.74, 6) is -0.178. The Bertz CT molecular complexity index is 892. The zero-order valence-corrected chi connectivity index (χ0v) is 18.1. The van der Waals surface area contributed by atoms with Crippen molar-refractivity contribution >= 4 is 23.6 Å². The second-order valence-electron chi connectivity index (χ2n) is 8.36. The van der Waals surface area contributed by atoms with Crippen molar-refractivity contribution in [1.29, 1.82) is 0 Å². The topological polar surface area (TPSA) is 40.6 Å². The van der Waals surface area contributed by atoms with E-state index in [0.29, 0.717) is 24.4 Å². The minimum atomic E-state index is -0.436. The van der Waals surface area contributed by atoms with E-state index in [0.717, 1.165) is 5.56 Å². The summed E-state index contributed by atoms with van der Waals surface area (Å²) in [6.45, 7) is 7.35. The van der Waals surface area contributed by atoms with Crippen LogP contribution in [0.25, 0.3) is 0 Å². The van der Waals surface area contributed by atoms with Gasteiger partial charge < -0.3 is 9.80 Å². The van der Waals surface area contributed by atoms with Gasteiger partial charge in [-0.3, -0.25) is 9.59 Å². The van der Waals surface area contributed by atoms with Crippen molar-refractivity contribution in [3.8, 4) is 0 Å². The van der Waals surface area contributed by atoms with Crippen LogP contribution in [0.4, 0.5) is 4.39 Å². The maximum Gasteiger partial charge on any atom is 0.253 e. The first-order valence-electron chi connectivity index (χ1n) is 9.69. The fourth-order valence-corrected chi connectivity index (χ4v) is 4.54. The molecule has 0 unspecified atom stereocenters. The Hall–Kier alpha value is -2.34. The smallest absolute Gasteiger partial charge is 0.253 e. The SMILES string of the molecule is CN(CCN1C(=O)CS[C@@H]1c1ccc(C(C)(C)C)cc1)C(=O)c1cccc(F)c1. The van der Waals surface area contributed by atoms with Crippen molar-refractivity contribution in [3.05, 3.63) is 71.0 Å². The molecule has 1 heterocycles. The lowest BCUT2D eigenvalue weighted by Gasteiger charge is -2.27. The zero-order chi connectivity index (χ0) is 21.2. The molecule has 1 saturated heterocycles. The van der Waals surface area contributed by atoms with E-state index >= 15 is 0 Å². The van der Waals surface area contributed by atoms with Crippen LogP contribution >= 0.6 is 11.8 Å². The third-order valence-corrected chi connectivity index (χ3v) is 6.38. The van der Waals surface area contributed by atoms with Crippen molar-refractivity contribution in [1.82, 2.24) is 9.80 Å². The molecule has 1 aliphatic rings. The van der Waals surface area contributed by atoms with Gasteiger partial charge in [-0.2, -0.15) is 0 Å². The average molecular weight is 415 g/mol. The van der Waals surface area contributed by atoms with Crippen LogP contribution in [-0.2, 0) is 10.2 Å². The summed E-state index contributed by atoms with van der Waals surface area (Å²) >= 11 is 1.61.